The number of carbonyl (C=O) groups excluding carboxylic acids is 1. The second-order valence-corrected chi connectivity index (χ2v) is 5.89. The van der Waals surface area contributed by atoms with E-state index in [-0.39, 0.29) is 6.03 Å². The summed E-state index contributed by atoms with van der Waals surface area (Å²) in [6, 6.07) is 8.42. The number of anilines is 1. The first-order chi connectivity index (χ1) is 10.2. The maximum absolute atomic E-state index is 12.5. The Bertz CT molecular complexity index is 455. The van der Waals surface area contributed by atoms with Gasteiger partial charge in [0.25, 0.3) is 0 Å². The highest BCUT2D eigenvalue weighted by molar-refractivity contribution is 5.89. The molecule has 4 nitrogen and oxygen atoms in total. The first-order valence-electron chi connectivity index (χ1n) is 8.05. The van der Waals surface area contributed by atoms with Gasteiger partial charge in [-0.3, -0.25) is 0 Å². The SMILES string of the molecule is CCCCN(CC1CCCN1)C(=O)Nc1cccc(C)c1. The first kappa shape index (κ1) is 15.8. The van der Waals surface area contributed by atoms with E-state index >= 15 is 0 Å². The van der Waals surface area contributed by atoms with Crippen molar-refractivity contribution in [1.29, 1.82) is 0 Å². The fourth-order valence-electron chi connectivity index (χ4n) is 2.73. The summed E-state index contributed by atoms with van der Waals surface area (Å²) in [4.78, 5) is 14.5. The second kappa shape index (κ2) is 8.03. The van der Waals surface area contributed by atoms with Gasteiger partial charge >= 0.3 is 6.03 Å². The van der Waals surface area contributed by atoms with E-state index in [4.69, 9.17) is 0 Å². The van der Waals surface area contributed by atoms with Crippen molar-refractivity contribution < 1.29 is 4.79 Å². The Morgan fingerprint density at radius 2 is 2.33 bits per heavy atom. The van der Waals surface area contributed by atoms with Crippen LogP contribution >= 0.6 is 0 Å². The molecule has 1 unspecified atom stereocenters. The zero-order valence-electron chi connectivity index (χ0n) is 13.2. The normalized spacial score (nSPS) is 17.7. The van der Waals surface area contributed by atoms with Crippen LogP contribution in [0.15, 0.2) is 24.3 Å². The summed E-state index contributed by atoms with van der Waals surface area (Å²) < 4.78 is 0. The number of nitrogens with zero attached hydrogens (tertiary/aromatic N) is 1. The van der Waals surface area contributed by atoms with Crippen LogP contribution in [-0.2, 0) is 0 Å². The lowest BCUT2D eigenvalue weighted by molar-refractivity contribution is 0.205. The number of carbonyl (C=O) groups is 1. The molecule has 0 aliphatic carbocycles. The minimum Gasteiger partial charge on any atom is -0.323 e. The molecule has 1 aliphatic heterocycles. The Morgan fingerprint density at radius 3 is 3.00 bits per heavy atom. The standard InChI is InChI=1S/C17H27N3O/c1-3-4-11-20(13-16-9-6-10-18-16)17(21)19-15-8-5-7-14(2)12-15/h5,7-8,12,16,18H,3-4,6,9-11,13H2,1-2H3,(H,19,21). The van der Waals surface area contributed by atoms with Crippen molar-refractivity contribution in [3.63, 3.8) is 0 Å². The fraction of sp³-hybridized carbons (Fsp3) is 0.588. The molecule has 0 bridgehead atoms. The minimum absolute atomic E-state index is 0.0164. The first-order valence-corrected chi connectivity index (χ1v) is 8.05. The fourth-order valence-corrected chi connectivity index (χ4v) is 2.73. The number of rotatable bonds is 6. The summed E-state index contributed by atoms with van der Waals surface area (Å²) in [7, 11) is 0. The number of aryl methyl sites for hydroxylation is 1. The summed E-state index contributed by atoms with van der Waals surface area (Å²) in [6.07, 6.45) is 4.53. The molecule has 116 valence electrons. The lowest BCUT2D eigenvalue weighted by Gasteiger charge is -2.26. The van der Waals surface area contributed by atoms with E-state index in [1.807, 2.05) is 36.1 Å². The molecule has 0 saturated carbocycles. The van der Waals surface area contributed by atoms with Crippen molar-refractivity contribution >= 4 is 11.7 Å². The zero-order valence-corrected chi connectivity index (χ0v) is 13.2. The third-order valence-corrected chi connectivity index (χ3v) is 3.94. The molecule has 0 radical (unpaired) electrons. The van der Waals surface area contributed by atoms with Gasteiger partial charge in [-0.2, -0.15) is 0 Å². The molecular formula is C17H27N3O. The number of benzene rings is 1. The van der Waals surface area contributed by atoms with Gasteiger partial charge in [0.15, 0.2) is 0 Å². The number of unbranched alkanes of at least 4 members (excludes halogenated alkanes) is 1. The number of hydrogen-bond acceptors (Lipinski definition) is 2. The van der Waals surface area contributed by atoms with Gasteiger partial charge in [-0.1, -0.05) is 25.5 Å². The number of urea groups is 1. The van der Waals surface area contributed by atoms with Gasteiger partial charge in [-0.25, -0.2) is 4.79 Å². The van der Waals surface area contributed by atoms with Crippen molar-refractivity contribution in [3.05, 3.63) is 29.8 Å². The molecule has 1 aromatic rings. The molecule has 1 saturated heterocycles. The Labute approximate surface area is 127 Å². The Morgan fingerprint density at radius 1 is 1.48 bits per heavy atom. The Balaban J connectivity index is 1.95. The Kier molecular flexibility index (Phi) is 6.05. The third-order valence-electron chi connectivity index (χ3n) is 3.94. The van der Waals surface area contributed by atoms with E-state index in [1.165, 1.54) is 12.8 Å². The number of hydrogen-bond donors (Lipinski definition) is 2. The van der Waals surface area contributed by atoms with E-state index in [1.54, 1.807) is 0 Å². The number of amides is 2. The van der Waals surface area contributed by atoms with Crippen LogP contribution < -0.4 is 10.6 Å². The van der Waals surface area contributed by atoms with Crippen LogP contribution in [-0.4, -0.2) is 36.6 Å². The smallest absolute Gasteiger partial charge is 0.321 e. The molecule has 1 atom stereocenters. The summed E-state index contributed by atoms with van der Waals surface area (Å²) in [5.41, 5.74) is 2.03. The lowest BCUT2D eigenvalue weighted by Crippen LogP contribution is -2.43. The molecular weight excluding hydrogens is 262 g/mol. The highest BCUT2D eigenvalue weighted by atomic mass is 16.2. The quantitative estimate of drug-likeness (QED) is 0.843. The molecule has 1 aromatic carbocycles. The summed E-state index contributed by atoms with van der Waals surface area (Å²) in [5, 5.41) is 6.49. The molecule has 4 heteroatoms. The molecule has 0 aromatic heterocycles. The summed E-state index contributed by atoms with van der Waals surface area (Å²) in [6.45, 7) is 6.90. The number of nitrogens with one attached hydrogen (secondary N) is 2. The van der Waals surface area contributed by atoms with E-state index in [9.17, 15) is 4.79 Å². The van der Waals surface area contributed by atoms with Crippen molar-refractivity contribution in [2.45, 2.75) is 45.6 Å². The van der Waals surface area contributed by atoms with Crippen LogP contribution in [0.3, 0.4) is 0 Å². The summed E-state index contributed by atoms with van der Waals surface area (Å²) in [5.74, 6) is 0. The molecule has 0 spiro atoms. The van der Waals surface area contributed by atoms with Crippen molar-refractivity contribution in [3.8, 4) is 0 Å². The average molecular weight is 289 g/mol. The molecule has 2 rings (SSSR count). The highest BCUT2D eigenvalue weighted by Crippen LogP contribution is 2.13. The van der Waals surface area contributed by atoms with Crippen LogP contribution in [0.2, 0.25) is 0 Å². The van der Waals surface area contributed by atoms with Crippen LogP contribution in [0.25, 0.3) is 0 Å². The van der Waals surface area contributed by atoms with Crippen molar-refractivity contribution in [1.82, 2.24) is 10.2 Å². The van der Waals surface area contributed by atoms with Crippen LogP contribution in [0, 0.1) is 6.92 Å². The predicted molar refractivity (Wildman–Crippen MR) is 87.7 cm³/mol. The average Bonchev–Trinajstić information content (AvgIpc) is 2.96. The molecule has 21 heavy (non-hydrogen) atoms. The van der Waals surface area contributed by atoms with Gasteiger partial charge < -0.3 is 15.5 Å². The molecule has 1 heterocycles. The molecule has 1 aliphatic rings. The predicted octanol–water partition coefficient (Wildman–Crippen LogP) is 3.38. The zero-order chi connectivity index (χ0) is 15.1. The van der Waals surface area contributed by atoms with E-state index < -0.39 is 0 Å². The topological polar surface area (TPSA) is 44.4 Å². The molecule has 1 fully saturated rings. The Hall–Kier alpha value is -1.55. The van der Waals surface area contributed by atoms with Crippen LogP contribution in [0.5, 0.6) is 0 Å². The van der Waals surface area contributed by atoms with Gasteiger partial charge in [0.05, 0.1) is 0 Å². The van der Waals surface area contributed by atoms with E-state index in [0.29, 0.717) is 6.04 Å². The molecule has 2 N–H and O–H groups in total. The highest BCUT2D eigenvalue weighted by Gasteiger charge is 2.21. The monoisotopic (exact) mass is 289 g/mol. The maximum Gasteiger partial charge on any atom is 0.321 e. The summed E-state index contributed by atoms with van der Waals surface area (Å²) >= 11 is 0. The maximum atomic E-state index is 12.5. The van der Waals surface area contributed by atoms with Gasteiger partial charge in [0.2, 0.25) is 0 Å². The van der Waals surface area contributed by atoms with E-state index in [0.717, 1.165) is 43.7 Å². The van der Waals surface area contributed by atoms with Gasteiger partial charge in [-0.15, -0.1) is 0 Å². The van der Waals surface area contributed by atoms with Gasteiger partial charge in [-0.05, 0) is 50.4 Å². The van der Waals surface area contributed by atoms with E-state index in [2.05, 4.69) is 17.6 Å². The minimum atomic E-state index is 0.0164. The largest absolute Gasteiger partial charge is 0.323 e. The van der Waals surface area contributed by atoms with Crippen LogP contribution in [0.4, 0.5) is 10.5 Å². The van der Waals surface area contributed by atoms with Crippen molar-refractivity contribution in [2.24, 2.45) is 0 Å². The van der Waals surface area contributed by atoms with Crippen molar-refractivity contribution in [2.75, 3.05) is 25.0 Å². The second-order valence-electron chi connectivity index (χ2n) is 5.89. The van der Waals surface area contributed by atoms with Gasteiger partial charge in [0.1, 0.15) is 0 Å². The molecule has 2 amide bonds. The van der Waals surface area contributed by atoms with Crippen LogP contribution in [0.1, 0.15) is 38.2 Å². The third kappa shape index (κ3) is 5.05. The lowest BCUT2D eigenvalue weighted by atomic mass is 10.2. The van der Waals surface area contributed by atoms with Gasteiger partial charge in [0, 0.05) is 24.8 Å².